The van der Waals surface area contributed by atoms with Crippen LogP contribution in [0, 0.1) is 11.3 Å². The van der Waals surface area contributed by atoms with Crippen LogP contribution < -0.4 is 14.9 Å². The van der Waals surface area contributed by atoms with Crippen molar-refractivity contribution in [1.29, 1.82) is 5.26 Å². The third-order valence-corrected chi connectivity index (χ3v) is 5.48. The summed E-state index contributed by atoms with van der Waals surface area (Å²) in [5.41, 5.74) is 4.62. The summed E-state index contributed by atoms with van der Waals surface area (Å²) in [5, 5.41) is 18.6. The number of fused-ring (bicyclic) bond motifs is 1. The van der Waals surface area contributed by atoms with Gasteiger partial charge in [-0.3, -0.25) is 9.79 Å². The SMILES string of the molecule is C=CCN=c1scc(-c2ccc3c(c2)NC(=O)CO3)n1/N=C(/C)c1ccc(C#N)cc1. The lowest BCUT2D eigenvalue weighted by molar-refractivity contribution is -0.118. The van der Waals surface area contributed by atoms with Crippen LogP contribution in [0.15, 0.2) is 70.6 Å². The molecule has 31 heavy (non-hydrogen) atoms. The largest absolute Gasteiger partial charge is 0.482 e. The number of anilines is 1. The number of benzene rings is 2. The fourth-order valence-electron chi connectivity index (χ4n) is 3.08. The Hall–Kier alpha value is -3.96. The van der Waals surface area contributed by atoms with Gasteiger partial charge in [-0.1, -0.05) is 18.2 Å². The first-order chi connectivity index (χ1) is 15.1. The van der Waals surface area contributed by atoms with Crippen molar-refractivity contribution in [2.24, 2.45) is 10.1 Å². The van der Waals surface area contributed by atoms with Gasteiger partial charge < -0.3 is 10.1 Å². The molecule has 4 rings (SSSR count). The van der Waals surface area contributed by atoms with Crippen molar-refractivity contribution in [2.75, 3.05) is 18.5 Å². The summed E-state index contributed by atoms with van der Waals surface area (Å²) in [4.78, 5) is 17.0. The summed E-state index contributed by atoms with van der Waals surface area (Å²) in [6.07, 6.45) is 1.73. The number of carbonyl (C=O) groups excluding carboxylic acids is 1. The average Bonchev–Trinajstić information content (AvgIpc) is 3.19. The van der Waals surface area contributed by atoms with E-state index in [0.717, 1.165) is 27.3 Å². The van der Waals surface area contributed by atoms with Crippen molar-refractivity contribution < 1.29 is 9.53 Å². The summed E-state index contributed by atoms with van der Waals surface area (Å²) in [7, 11) is 0. The lowest BCUT2D eigenvalue weighted by Crippen LogP contribution is -2.25. The molecule has 0 unspecified atom stereocenters. The Morgan fingerprint density at radius 1 is 1.35 bits per heavy atom. The Morgan fingerprint density at radius 3 is 2.90 bits per heavy atom. The Balaban J connectivity index is 1.80. The number of nitriles is 1. The van der Waals surface area contributed by atoms with Gasteiger partial charge in [0.15, 0.2) is 6.61 Å². The molecule has 8 heteroatoms. The van der Waals surface area contributed by atoms with E-state index in [9.17, 15) is 4.79 Å². The van der Waals surface area contributed by atoms with Crippen molar-refractivity contribution in [3.05, 3.63) is 76.4 Å². The van der Waals surface area contributed by atoms with E-state index >= 15 is 0 Å². The zero-order valence-corrected chi connectivity index (χ0v) is 17.6. The molecule has 0 saturated carbocycles. The van der Waals surface area contributed by atoms with E-state index in [0.29, 0.717) is 23.5 Å². The van der Waals surface area contributed by atoms with Gasteiger partial charge in [-0.25, -0.2) is 4.68 Å². The number of hydrogen-bond acceptors (Lipinski definition) is 6. The second kappa shape index (κ2) is 8.81. The quantitative estimate of drug-likeness (QED) is 0.494. The smallest absolute Gasteiger partial charge is 0.262 e. The zero-order valence-electron chi connectivity index (χ0n) is 16.8. The monoisotopic (exact) mass is 429 g/mol. The van der Waals surface area contributed by atoms with Crippen LogP contribution in [0.4, 0.5) is 5.69 Å². The van der Waals surface area contributed by atoms with Crippen LogP contribution >= 0.6 is 11.3 Å². The maximum atomic E-state index is 11.7. The molecule has 7 nitrogen and oxygen atoms in total. The zero-order chi connectivity index (χ0) is 21.8. The molecule has 0 atom stereocenters. The van der Waals surface area contributed by atoms with Crippen LogP contribution in [0.3, 0.4) is 0 Å². The number of carbonyl (C=O) groups is 1. The molecule has 1 aliphatic rings. The van der Waals surface area contributed by atoms with Gasteiger partial charge in [-0.2, -0.15) is 10.4 Å². The Kier molecular flexibility index (Phi) is 5.78. The number of aromatic nitrogens is 1. The van der Waals surface area contributed by atoms with Gasteiger partial charge in [0.25, 0.3) is 5.91 Å². The number of thiazole rings is 1. The molecule has 2 aromatic carbocycles. The van der Waals surface area contributed by atoms with Crippen LogP contribution in [-0.2, 0) is 4.79 Å². The van der Waals surface area contributed by atoms with Gasteiger partial charge in [0, 0.05) is 10.9 Å². The van der Waals surface area contributed by atoms with Crippen molar-refractivity contribution in [1.82, 2.24) is 4.68 Å². The maximum absolute atomic E-state index is 11.7. The average molecular weight is 430 g/mol. The van der Waals surface area contributed by atoms with E-state index < -0.39 is 0 Å². The van der Waals surface area contributed by atoms with E-state index in [1.807, 2.05) is 42.6 Å². The Labute approximate surface area is 183 Å². The summed E-state index contributed by atoms with van der Waals surface area (Å²) in [6, 6.07) is 15.0. The predicted molar refractivity (Wildman–Crippen MR) is 121 cm³/mol. The van der Waals surface area contributed by atoms with Crippen LogP contribution in [0.1, 0.15) is 18.1 Å². The third-order valence-electron chi connectivity index (χ3n) is 4.63. The predicted octanol–water partition coefficient (Wildman–Crippen LogP) is 3.78. The Morgan fingerprint density at radius 2 is 2.16 bits per heavy atom. The lowest BCUT2D eigenvalue weighted by Gasteiger charge is -2.18. The molecule has 1 aromatic heterocycles. The van der Waals surface area contributed by atoms with Gasteiger partial charge in [-0.05, 0) is 42.8 Å². The fraction of sp³-hybridized carbons (Fsp3) is 0.130. The standard InChI is InChI=1S/C23H19N5O2S/c1-3-10-25-23-28(27-15(2)17-6-4-16(12-24)5-7-17)20(14-31-23)18-8-9-21-19(11-18)26-22(29)13-30-21/h3-9,11,14H,1,10,13H2,2H3,(H,26,29)/b25-23?,27-15-. The number of hydrogen-bond donors (Lipinski definition) is 1. The van der Waals surface area contributed by atoms with Crippen LogP contribution in [0.25, 0.3) is 11.3 Å². The Bertz CT molecular complexity index is 1290. The van der Waals surface area contributed by atoms with E-state index in [1.165, 1.54) is 11.3 Å². The summed E-state index contributed by atoms with van der Waals surface area (Å²) in [5.74, 6) is 0.457. The molecule has 3 aromatic rings. The van der Waals surface area contributed by atoms with Crippen molar-refractivity contribution in [3.8, 4) is 23.1 Å². The molecule has 1 amide bonds. The first-order valence-corrected chi connectivity index (χ1v) is 10.4. The first kappa shape index (κ1) is 20.3. The molecule has 1 N–H and O–H groups in total. The van der Waals surface area contributed by atoms with Crippen molar-refractivity contribution in [2.45, 2.75) is 6.92 Å². The van der Waals surface area contributed by atoms with Gasteiger partial charge in [0.05, 0.1) is 35.3 Å². The second-order valence-electron chi connectivity index (χ2n) is 6.77. The van der Waals surface area contributed by atoms with Gasteiger partial charge in [-0.15, -0.1) is 17.9 Å². The first-order valence-electron chi connectivity index (χ1n) is 9.54. The maximum Gasteiger partial charge on any atom is 0.262 e. The number of rotatable bonds is 5. The van der Waals surface area contributed by atoms with Gasteiger partial charge in [0.2, 0.25) is 4.80 Å². The molecule has 154 valence electrons. The molecule has 0 aliphatic carbocycles. The highest BCUT2D eigenvalue weighted by molar-refractivity contribution is 7.07. The van der Waals surface area contributed by atoms with Crippen LogP contribution in [0.2, 0.25) is 0 Å². The van der Waals surface area contributed by atoms with Crippen LogP contribution in [0.5, 0.6) is 5.75 Å². The summed E-state index contributed by atoms with van der Waals surface area (Å²) in [6.45, 7) is 6.14. The van der Waals surface area contributed by atoms with E-state index in [1.54, 1.807) is 22.9 Å². The molecule has 2 heterocycles. The van der Waals surface area contributed by atoms with E-state index in [2.05, 4.69) is 23.0 Å². The molecule has 0 saturated heterocycles. The normalized spacial score (nSPS) is 13.7. The highest BCUT2D eigenvalue weighted by atomic mass is 32.1. The molecule has 0 fully saturated rings. The van der Waals surface area contributed by atoms with Crippen molar-refractivity contribution >= 4 is 28.6 Å². The van der Waals surface area contributed by atoms with Crippen molar-refractivity contribution in [3.63, 3.8) is 0 Å². The lowest BCUT2D eigenvalue weighted by atomic mass is 10.1. The van der Waals surface area contributed by atoms with Crippen LogP contribution in [-0.4, -0.2) is 29.4 Å². The van der Waals surface area contributed by atoms with Gasteiger partial charge >= 0.3 is 0 Å². The minimum Gasteiger partial charge on any atom is -0.482 e. The summed E-state index contributed by atoms with van der Waals surface area (Å²) >= 11 is 1.47. The fourth-order valence-corrected chi connectivity index (χ4v) is 3.92. The van der Waals surface area contributed by atoms with E-state index in [-0.39, 0.29) is 12.5 Å². The molecule has 0 spiro atoms. The van der Waals surface area contributed by atoms with E-state index in [4.69, 9.17) is 15.1 Å². The molecular formula is C23H19N5O2S. The molecule has 1 aliphatic heterocycles. The summed E-state index contributed by atoms with van der Waals surface area (Å²) < 4.78 is 7.25. The third kappa shape index (κ3) is 4.32. The number of nitrogens with zero attached hydrogens (tertiary/aromatic N) is 4. The topological polar surface area (TPSA) is 91.8 Å². The highest BCUT2D eigenvalue weighted by Gasteiger charge is 2.18. The number of ether oxygens (including phenoxy) is 1. The molecular weight excluding hydrogens is 410 g/mol. The highest BCUT2D eigenvalue weighted by Crippen LogP contribution is 2.33. The molecule has 0 bridgehead atoms. The minimum absolute atomic E-state index is 0.0173. The second-order valence-corrected chi connectivity index (χ2v) is 7.60. The van der Waals surface area contributed by atoms with Gasteiger partial charge in [0.1, 0.15) is 5.75 Å². The number of nitrogens with one attached hydrogen (secondary N) is 1. The minimum atomic E-state index is -0.181. The molecule has 0 radical (unpaired) electrons. The number of amides is 1.